The predicted octanol–water partition coefficient (Wildman–Crippen LogP) is 1.63. The number of rotatable bonds is 6. The van der Waals surface area contributed by atoms with E-state index in [4.69, 9.17) is 9.73 Å². The average Bonchev–Trinajstić information content (AvgIpc) is 2.58. The molecule has 0 aliphatic carbocycles. The van der Waals surface area contributed by atoms with Crippen molar-refractivity contribution in [2.75, 3.05) is 44.3 Å². The second kappa shape index (κ2) is 9.35. The fourth-order valence-electron chi connectivity index (χ4n) is 2.42. The van der Waals surface area contributed by atoms with Crippen LogP contribution in [0.25, 0.3) is 0 Å². The molecule has 1 aliphatic rings. The minimum absolute atomic E-state index is 0.584. The van der Waals surface area contributed by atoms with Crippen LogP contribution in [0.5, 0.6) is 0 Å². The van der Waals surface area contributed by atoms with Crippen molar-refractivity contribution in [3.05, 3.63) is 23.9 Å². The number of nitrogens with one attached hydrogen (secondary N) is 2. The average molecular weight is 319 g/mol. The van der Waals surface area contributed by atoms with Crippen LogP contribution in [-0.2, 0) is 11.3 Å². The van der Waals surface area contributed by atoms with Gasteiger partial charge in [-0.15, -0.1) is 0 Å². The molecule has 0 bridgehead atoms. The minimum atomic E-state index is 0.584. The minimum Gasteiger partial charge on any atom is -0.378 e. The van der Waals surface area contributed by atoms with Gasteiger partial charge in [-0.25, -0.2) is 9.98 Å². The van der Waals surface area contributed by atoms with Gasteiger partial charge < -0.3 is 20.3 Å². The number of aliphatic imine (C=N–C) groups is 1. The lowest BCUT2D eigenvalue weighted by Gasteiger charge is -2.29. The maximum atomic E-state index is 5.43. The summed E-state index contributed by atoms with van der Waals surface area (Å²) in [5, 5.41) is 6.67. The van der Waals surface area contributed by atoms with Gasteiger partial charge in [-0.2, -0.15) is 0 Å². The summed E-state index contributed by atoms with van der Waals surface area (Å²) < 4.78 is 5.43. The van der Waals surface area contributed by atoms with Gasteiger partial charge in [0.1, 0.15) is 5.82 Å². The molecule has 2 N–H and O–H groups in total. The van der Waals surface area contributed by atoms with Gasteiger partial charge in [0.25, 0.3) is 0 Å². The number of nitrogens with zero attached hydrogens (tertiary/aromatic N) is 3. The highest BCUT2D eigenvalue weighted by Gasteiger charge is 2.15. The molecular weight excluding hydrogens is 290 g/mol. The highest BCUT2D eigenvalue weighted by Crippen LogP contribution is 2.19. The molecule has 1 aromatic heterocycles. The number of ether oxygens (including phenoxy) is 1. The molecule has 1 aliphatic heterocycles. The van der Waals surface area contributed by atoms with Gasteiger partial charge in [-0.05, 0) is 18.9 Å². The zero-order chi connectivity index (χ0) is 16.5. The molecule has 0 radical (unpaired) electrons. The first-order valence-electron chi connectivity index (χ1n) is 8.49. The molecule has 0 saturated carbocycles. The van der Waals surface area contributed by atoms with E-state index >= 15 is 0 Å². The van der Waals surface area contributed by atoms with Crippen LogP contribution in [0.15, 0.2) is 23.3 Å². The standard InChI is InChI=1S/C17H29N5O/c1-4-18-17(20-12-14(2)3)21-13-15-6-5-7-19-16(15)22-8-10-23-11-9-22/h5-7,14H,4,8-13H2,1-3H3,(H2,18,20,21). The number of pyridine rings is 1. The summed E-state index contributed by atoms with van der Waals surface area (Å²) in [5.41, 5.74) is 1.15. The lowest BCUT2D eigenvalue weighted by molar-refractivity contribution is 0.122. The van der Waals surface area contributed by atoms with Crippen LogP contribution in [0, 0.1) is 5.92 Å². The van der Waals surface area contributed by atoms with E-state index < -0.39 is 0 Å². The highest BCUT2D eigenvalue weighted by atomic mass is 16.5. The van der Waals surface area contributed by atoms with Gasteiger partial charge in [-0.3, -0.25) is 0 Å². The number of guanidine groups is 1. The van der Waals surface area contributed by atoms with Gasteiger partial charge in [0, 0.05) is 37.9 Å². The van der Waals surface area contributed by atoms with Crippen molar-refractivity contribution < 1.29 is 4.74 Å². The largest absolute Gasteiger partial charge is 0.378 e. The first kappa shape index (κ1) is 17.5. The molecule has 6 nitrogen and oxygen atoms in total. The van der Waals surface area contributed by atoms with Crippen molar-refractivity contribution >= 4 is 11.8 Å². The van der Waals surface area contributed by atoms with Crippen LogP contribution in [0.1, 0.15) is 26.3 Å². The molecule has 23 heavy (non-hydrogen) atoms. The molecule has 2 rings (SSSR count). The lowest BCUT2D eigenvalue weighted by Crippen LogP contribution is -2.39. The molecule has 2 heterocycles. The Balaban J connectivity index is 2.06. The predicted molar refractivity (Wildman–Crippen MR) is 94.9 cm³/mol. The summed E-state index contributed by atoms with van der Waals surface area (Å²) in [6.07, 6.45) is 1.85. The van der Waals surface area contributed by atoms with E-state index in [0.717, 1.165) is 56.7 Å². The van der Waals surface area contributed by atoms with Gasteiger partial charge >= 0.3 is 0 Å². The van der Waals surface area contributed by atoms with Crippen molar-refractivity contribution in [3.8, 4) is 0 Å². The van der Waals surface area contributed by atoms with Crippen LogP contribution in [0.3, 0.4) is 0 Å². The molecule has 0 amide bonds. The van der Waals surface area contributed by atoms with E-state index in [0.29, 0.717) is 12.5 Å². The fourth-order valence-corrected chi connectivity index (χ4v) is 2.42. The van der Waals surface area contributed by atoms with Crippen LogP contribution in [-0.4, -0.2) is 50.3 Å². The first-order chi connectivity index (χ1) is 11.2. The zero-order valence-corrected chi connectivity index (χ0v) is 14.5. The summed E-state index contributed by atoms with van der Waals surface area (Å²) in [6, 6.07) is 4.08. The molecule has 128 valence electrons. The second-order valence-corrected chi connectivity index (χ2v) is 6.06. The summed E-state index contributed by atoms with van der Waals surface area (Å²) in [7, 11) is 0. The maximum Gasteiger partial charge on any atom is 0.191 e. The fraction of sp³-hybridized carbons (Fsp3) is 0.647. The Bertz CT molecular complexity index is 498. The summed E-state index contributed by atoms with van der Waals surface area (Å²) in [4.78, 5) is 11.5. The number of aromatic nitrogens is 1. The monoisotopic (exact) mass is 319 g/mol. The quantitative estimate of drug-likeness (QED) is 0.616. The van der Waals surface area contributed by atoms with Crippen molar-refractivity contribution in [1.82, 2.24) is 15.6 Å². The Morgan fingerprint density at radius 2 is 2.13 bits per heavy atom. The van der Waals surface area contributed by atoms with Crippen molar-refractivity contribution in [1.29, 1.82) is 0 Å². The summed E-state index contributed by atoms with van der Waals surface area (Å²) in [5.74, 6) is 2.47. The number of hydrogen-bond donors (Lipinski definition) is 2. The number of hydrogen-bond acceptors (Lipinski definition) is 4. The molecule has 0 atom stereocenters. The van der Waals surface area contributed by atoms with Crippen LogP contribution in [0.2, 0.25) is 0 Å². The summed E-state index contributed by atoms with van der Waals surface area (Å²) in [6.45, 7) is 12.1. The number of anilines is 1. The molecule has 0 unspecified atom stereocenters. The molecule has 1 fully saturated rings. The van der Waals surface area contributed by atoms with E-state index in [1.54, 1.807) is 0 Å². The molecule has 1 saturated heterocycles. The van der Waals surface area contributed by atoms with Crippen molar-refractivity contribution in [3.63, 3.8) is 0 Å². The highest BCUT2D eigenvalue weighted by molar-refractivity contribution is 5.79. The van der Waals surface area contributed by atoms with Crippen LogP contribution >= 0.6 is 0 Å². The normalized spacial score (nSPS) is 15.8. The van der Waals surface area contributed by atoms with Gasteiger partial charge in [0.05, 0.1) is 19.8 Å². The van der Waals surface area contributed by atoms with Gasteiger partial charge in [0.2, 0.25) is 0 Å². The van der Waals surface area contributed by atoms with Crippen LogP contribution < -0.4 is 15.5 Å². The van der Waals surface area contributed by atoms with E-state index in [-0.39, 0.29) is 0 Å². The Labute approximate surface area is 139 Å². The number of morpholine rings is 1. The molecule has 0 aromatic carbocycles. The topological polar surface area (TPSA) is 61.8 Å². The maximum absolute atomic E-state index is 5.43. The molecule has 1 aromatic rings. The molecule has 0 spiro atoms. The van der Waals surface area contributed by atoms with Gasteiger partial charge in [0.15, 0.2) is 5.96 Å². The Kier molecular flexibility index (Phi) is 7.13. The van der Waals surface area contributed by atoms with Crippen LogP contribution in [0.4, 0.5) is 5.82 Å². The second-order valence-electron chi connectivity index (χ2n) is 6.06. The van der Waals surface area contributed by atoms with Gasteiger partial charge in [-0.1, -0.05) is 19.9 Å². The lowest BCUT2D eigenvalue weighted by atomic mass is 10.2. The molecule has 6 heteroatoms. The van der Waals surface area contributed by atoms with E-state index in [1.807, 2.05) is 12.3 Å². The smallest absolute Gasteiger partial charge is 0.191 e. The third kappa shape index (κ3) is 5.71. The Morgan fingerprint density at radius 3 is 2.83 bits per heavy atom. The van der Waals surface area contributed by atoms with Crippen molar-refractivity contribution in [2.45, 2.75) is 27.3 Å². The third-order valence-electron chi connectivity index (χ3n) is 3.61. The Hall–Kier alpha value is -1.82. The molecular formula is C17H29N5O. The SMILES string of the molecule is CCNC(=NCc1cccnc1N1CCOCC1)NCC(C)C. The Morgan fingerprint density at radius 1 is 1.35 bits per heavy atom. The third-order valence-corrected chi connectivity index (χ3v) is 3.61. The summed E-state index contributed by atoms with van der Waals surface area (Å²) >= 11 is 0. The zero-order valence-electron chi connectivity index (χ0n) is 14.5. The van der Waals surface area contributed by atoms with Crippen molar-refractivity contribution in [2.24, 2.45) is 10.9 Å². The first-order valence-corrected chi connectivity index (χ1v) is 8.49. The van der Waals surface area contributed by atoms with E-state index in [1.165, 1.54) is 0 Å². The van der Waals surface area contributed by atoms with E-state index in [9.17, 15) is 0 Å². The van der Waals surface area contributed by atoms with E-state index in [2.05, 4.69) is 47.4 Å².